The summed E-state index contributed by atoms with van der Waals surface area (Å²) in [7, 11) is 4.42. The molecule has 0 atom stereocenters. The molecule has 1 heterocycles. The summed E-state index contributed by atoms with van der Waals surface area (Å²) >= 11 is 5.86. The molecule has 1 aromatic carbocycles. The summed E-state index contributed by atoms with van der Waals surface area (Å²) in [5.41, 5.74) is 0.342. The molecule has 2 rings (SSSR count). The fraction of sp³-hybridized carbons (Fsp3) is 0.538. The van der Waals surface area contributed by atoms with Gasteiger partial charge in [-0.3, -0.25) is 0 Å². The van der Waals surface area contributed by atoms with Gasteiger partial charge in [0.25, 0.3) is 0 Å². The van der Waals surface area contributed by atoms with Gasteiger partial charge in [0.05, 0.1) is 27.2 Å². The van der Waals surface area contributed by atoms with Crippen LogP contribution in [-0.2, 0) is 5.60 Å². The third-order valence-corrected chi connectivity index (χ3v) is 3.89. The van der Waals surface area contributed by atoms with Gasteiger partial charge in [0, 0.05) is 17.9 Å². The summed E-state index contributed by atoms with van der Waals surface area (Å²) in [6, 6.07) is 7.58. The third kappa shape index (κ3) is 2.40. The Bertz CT molecular complexity index is 362. The number of likely N-dealkylation sites (tertiary alicyclic amines) is 1. The molecule has 0 amide bonds. The maximum Gasteiger partial charge on any atom is 0.100 e. The second-order valence-corrected chi connectivity index (χ2v) is 5.86. The second kappa shape index (κ2) is 4.02. The molecule has 1 N–H and O–H groups in total. The summed E-state index contributed by atoms with van der Waals surface area (Å²) in [5, 5.41) is 11.3. The predicted octanol–water partition coefficient (Wildman–Crippen LogP) is 2.40. The van der Waals surface area contributed by atoms with Crippen molar-refractivity contribution in [3.05, 3.63) is 34.9 Å². The van der Waals surface area contributed by atoms with Crippen LogP contribution in [0.4, 0.5) is 0 Å². The lowest BCUT2D eigenvalue weighted by atomic mass is 9.84. The van der Waals surface area contributed by atoms with Gasteiger partial charge in [0.1, 0.15) is 5.60 Å². The standard InChI is InChI=1S/C13H19ClNO/c1-15(2)9-7-13(16,8-10-15)11-3-5-12(14)6-4-11/h3-6,16H,7-10H2,1-2H3/q+1. The van der Waals surface area contributed by atoms with Gasteiger partial charge in [-0.1, -0.05) is 23.7 Å². The van der Waals surface area contributed by atoms with Crippen molar-refractivity contribution in [2.75, 3.05) is 27.2 Å². The first kappa shape index (κ1) is 11.9. The van der Waals surface area contributed by atoms with Crippen molar-refractivity contribution < 1.29 is 9.59 Å². The molecule has 16 heavy (non-hydrogen) atoms. The summed E-state index contributed by atoms with van der Waals surface area (Å²) in [5.74, 6) is 0. The van der Waals surface area contributed by atoms with Crippen LogP contribution < -0.4 is 0 Å². The van der Waals surface area contributed by atoms with Crippen molar-refractivity contribution >= 4 is 11.6 Å². The summed E-state index contributed by atoms with van der Waals surface area (Å²) in [6.07, 6.45) is 1.64. The Morgan fingerprint density at radius 3 is 2.12 bits per heavy atom. The molecule has 2 nitrogen and oxygen atoms in total. The molecule has 1 saturated heterocycles. The van der Waals surface area contributed by atoms with Crippen LogP contribution >= 0.6 is 11.6 Å². The predicted molar refractivity (Wildman–Crippen MR) is 66.4 cm³/mol. The van der Waals surface area contributed by atoms with Gasteiger partial charge in [-0.2, -0.15) is 0 Å². The molecule has 3 heteroatoms. The molecule has 1 aliphatic heterocycles. The monoisotopic (exact) mass is 240 g/mol. The molecule has 0 radical (unpaired) electrons. The van der Waals surface area contributed by atoms with Gasteiger partial charge in [-0.25, -0.2) is 0 Å². The lowest BCUT2D eigenvalue weighted by Gasteiger charge is -2.42. The van der Waals surface area contributed by atoms with E-state index in [1.807, 2.05) is 24.3 Å². The second-order valence-electron chi connectivity index (χ2n) is 5.42. The molecular formula is C13H19ClNO+. The van der Waals surface area contributed by atoms with Gasteiger partial charge < -0.3 is 9.59 Å². The summed E-state index contributed by atoms with van der Waals surface area (Å²) < 4.78 is 0.996. The van der Waals surface area contributed by atoms with Crippen molar-refractivity contribution in [3.63, 3.8) is 0 Å². The smallest absolute Gasteiger partial charge is 0.100 e. The van der Waals surface area contributed by atoms with E-state index < -0.39 is 5.60 Å². The minimum Gasteiger partial charge on any atom is -0.385 e. The molecule has 0 unspecified atom stereocenters. The van der Waals surface area contributed by atoms with Crippen LogP contribution in [0, 0.1) is 0 Å². The zero-order chi connectivity index (χ0) is 11.8. The molecule has 1 fully saturated rings. The highest BCUT2D eigenvalue weighted by molar-refractivity contribution is 6.30. The van der Waals surface area contributed by atoms with Gasteiger partial charge in [-0.05, 0) is 17.7 Å². The Hall–Kier alpha value is -0.570. The first-order valence-corrected chi connectivity index (χ1v) is 6.10. The quantitative estimate of drug-likeness (QED) is 0.748. The van der Waals surface area contributed by atoms with E-state index in [4.69, 9.17) is 11.6 Å². The van der Waals surface area contributed by atoms with Crippen molar-refractivity contribution in [2.24, 2.45) is 0 Å². The van der Waals surface area contributed by atoms with E-state index in [-0.39, 0.29) is 0 Å². The number of nitrogens with zero attached hydrogens (tertiary/aromatic N) is 1. The lowest BCUT2D eigenvalue weighted by molar-refractivity contribution is -0.897. The van der Waals surface area contributed by atoms with E-state index in [0.29, 0.717) is 0 Å². The Balaban J connectivity index is 2.18. The van der Waals surface area contributed by atoms with Crippen molar-refractivity contribution in [1.82, 2.24) is 0 Å². The molecule has 1 aromatic rings. The molecule has 0 aliphatic carbocycles. The first-order valence-electron chi connectivity index (χ1n) is 5.72. The van der Waals surface area contributed by atoms with Gasteiger partial charge in [0.2, 0.25) is 0 Å². The average molecular weight is 241 g/mol. The van der Waals surface area contributed by atoms with E-state index in [2.05, 4.69) is 14.1 Å². The van der Waals surface area contributed by atoms with E-state index in [0.717, 1.165) is 41.0 Å². The Kier molecular flexibility index (Phi) is 2.99. The molecule has 0 aromatic heterocycles. The third-order valence-electron chi connectivity index (χ3n) is 3.64. The Morgan fingerprint density at radius 2 is 1.62 bits per heavy atom. The number of aliphatic hydroxyl groups is 1. The first-order chi connectivity index (χ1) is 7.41. The highest BCUT2D eigenvalue weighted by Gasteiger charge is 2.38. The van der Waals surface area contributed by atoms with Crippen LogP contribution in [0.25, 0.3) is 0 Å². The highest BCUT2D eigenvalue weighted by atomic mass is 35.5. The molecular weight excluding hydrogens is 222 g/mol. The zero-order valence-electron chi connectivity index (χ0n) is 9.91. The molecule has 88 valence electrons. The van der Waals surface area contributed by atoms with Crippen LogP contribution in [0.1, 0.15) is 18.4 Å². The number of quaternary nitrogens is 1. The van der Waals surface area contributed by atoms with Gasteiger partial charge in [-0.15, -0.1) is 0 Å². The lowest BCUT2D eigenvalue weighted by Crippen LogP contribution is -2.51. The number of piperidine rings is 1. The van der Waals surface area contributed by atoms with E-state index in [1.54, 1.807) is 0 Å². The number of benzene rings is 1. The van der Waals surface area contributed by atoms with E-state index >= 15 is 0 Å². The minimum atomic E-state index is -0.654. The van der Waals surface area contributed by atoms with Crippen LogP contribution in [0.2, 0.25) is 5.02 Å². The fourth-order valence-electron chi connectivity index (χ4n) is 2.26. The summed E-state index contributed by atoms with van der Waals surface area (Å²) in [4.78, 5) is 0. The largest absolute Gasteiger partial charge is 0.385 e. The number of hydrogen-bond donors (Lipinski definition) is 1. The number of hydrogen-bond acceptors (Lipinski definition) is 1. The highest BCUT2D eigenvalue weighted by Crippen LogP contribution is 2.34. The van der Waals surface area contributed by atoms with Crippen LogP contribution in [0.15, 0.2) is 24.3 Å². The Labute approximate surface area is 102 Å². The fourth-order valence-corrected chi connectivity index (χ4v) is 2.39. The number of halogens is 1. The van der Waals surface area contributed by atoms with Crippen molar-refractivity contribution in [3.8, 4) is 0 Å². The molecule has 1 aliphatic rings. The summed E-state index contributed by atoms with van der Waals surface area (Å²) in [6.45, 7) is 2.03. The number of rotatable bonds is 1. The van der Waals surface area contributed by atoms with Crippen molar-refractivity contribution in [2.45, 2.75) is 18.4 Å². The topological polar surface area (TPSA) is 20.2 Å². The van der Waals surface area contributed by atoms with E-state index in [1.165, 1.54) is 0 Å². The maximum atomic E-state index is 10.6. The maximum absolute atomic E-state index is 10.6. The normalized spacial score (nSPS) is 23.0. The molecule has 0 bridgehead atoms. The minimum absolute atomic E-state index is 0.654. The Morgan fingerprint density at radius 1 is 1.12 bits per heavy atom. The average Bonchev–Trinajstić information content (AvgIpc) is 2.24. The van der Waals surface area contributed by atoms with Crippen LogP contribution in [-0.4, -0.2) is 36.8 Å². The van der Waals surface area contributed by atoms with Crippen LogP contribution in [0.5, 0.6) is 0 Å². The van der Waals surface area contributed by atoms with Gasteiger partial charge >= 0.3 is 0 Å². The van der Waals surface area contributed by atoms with Crippen molar-refractivity contribution in [1.29, 1.82) is 0 Å². The molecule has 0 spiro atoms. The molecule has 0 saturated carbocycles. The van der Waals surface area contributed by atoms with Crippen LogP contribution in [0.3, 0.4) is 0 Å². The van der Waals surface area contributed by atoms with Gasteiger partial charge in [0.15, 0.2) is 0 Å². The van der Waals surface area contributed by atoms with E-state index in [9.17, 15) is 5.11 Å². The SMILES string of the molecule is C[N+]1(C)CCC(O)(c2ccc(Cl)cc2)CC1. The zero-order valence-corrected chi connectivity index (χ0v) is 10.7.